The largest absolute Gasteiger partial charge is 0.492 e. The molecule has 0 bridgehead atoms. The minimum atomic E-state index is 0. The lowest BCUT2D eigenvalue weighted by molar-refractivity contribution is 0.261. The number of ether oxygens (including phenoxy) is 1. The Hall–Kier alpha value is -1.32. The number of aliphatic imine (C=N–C) groups is 1. The number of guanidine groups is 1. The summed E-state index contributed by atoms with van der Waals surface area (Å²) in [4.78, 5) is 6.36. The molecule has 2 aromatic rings. The molecule has 2 N–H and O–H groups in total. The van der Waals surface area contributed by atoms with E-state index >= 15 is 0 Å². The lowest BCUT2D eigenvalue weighted by Gasteiger charge is -2.13. The molecule has 1 aromatic heterocycles. The molecule has 0 aliphatic carbocycles. The Morgan fingerprint density at radius 1 is 1.16 bits per heavy atom. The molecule has 0 fully saturated rings. The summed E-state index contributed by atoms with van der Waals surface area (Å²) < 4.78 is 5.77. The predicted molar refractivity (Wildman–Crippen MR) is 117 cm³/mol. The molecule has 0 aliphatic heterocycles. The van der Waals surface area contributed by atoms with Crippen LogP contribution in [-0.2, 0) is 13.1 Å². The molecule has 0 amide bonds. The summed E-state index contributed by atoms with van der Waals surface area (Å²) in [5.41, 5.74) is 2.43. The number of rotatable bonds is 8. The maximum atomic E-state index is 5.77. The minimum absolute atomic E-state index is 0. The van der Waals surface area contributed by atoms with Gasteiger partial charge in [0.15, 0.2) is 5.96 Å². The fraction of sp³-hybridized carbons (Fsp3) is 0.389. The molecule has 0 saturated carbocycles. The van der Waals surface area contributed by atoms with Crippen LogP contribution in [0.2, 0.25) is 0 Å². The van der Waals surface area contributed by atoms with Crippen molar-refractivity contribution in [2.24, 2.45) is 4.99 Å². The normalized spacial score (nSPS) is 11.1. The van der Waals surface area contributed by atoms with E-state index in [0.29, 0.717) is 13.2 Å². The molecule has 1 heterocycles. The lowest BCUT2D eigenvalue weighted by atomic mass is 10.2. The van der Waals surface area contributed by atoms with E-state index in [1.165, 1.54) is 5.56 Å². The Balaban J connectivity index is 0.00000312. The van der Waals surface area contributed by atoms with Gasteiger partial charge in [-0.05, 0) is 54.2 Å². The molecule has 7 heteroatoms. The van der Waals surface area contributed by atoms with E-state index in [1.54, 1.807) is 18.4 Å². The second kappa shape index (κ2) is 12.1. The van der Waals surface area contributed by atoms with Gasteiger partial charge >= 0.3 is 0 Å². The Morgan fingerprint density at radius 2 is 1.92 bits per heavy atom. The number of likely N-dealkylation sites (N-methyl/N-ethyl adjacent to an activating group) is 1. The summed E-state index contributed by atoms with van der Waals surface area (Å²) in [5, 5.41) is 10.9. The van der Waals surface area contributed by atoms with Gasteiger partial charge in [0, 0.05) is 26.7 Å². The molecule has 0 radical (unpaired) electrons. The molecule has 0 atom stereocenters. The van der Waals surface area contributed by atoms with Gasteiger partial charge in [-0.25, -0.2) is 0 Å². The molecule has 1 aromatic carbocycles. The molecule has 0 spiro atoms. The van der Waals surface area contributed by atoms with Crippen molar-refractivity contribution in [3.05, 3.63) is 52.2 Å². The van der Waals surface area contributed by atoms with Gasteiger partial charge in [-0.15, -0.1) is 24.0 Å². The van der Waals surface area contributed by atoms with Gasteiger partial charge in [-0.2, -0.15) is 11.3 Å². The third kappa shape index (κ3) is 8.55. The molecular formula is C18H27IN4OS. The van der Waals surface area contributed by atoms with Crippen LogP contribution in [0.1, 0.15) is 11.1 Å². The first kappa shape index (κ1) is 21.7. The first-order valence-electron chi connectivity index (χ1n) is 7.99. The maximum Gasteiger partial charge on any atom is 0.191 e. The third-order valence-electron chi connectivity index (χ3n) is 3.43. The average molecular weight is 474 g/mol. The monoisotopic (exact) mass is 474 g/mol. The minimum Gasteiger partial charge on any atom is -0.492 e. The molecule has 5 nitrogen and oxygen atoms in total. The maximum absolute atomic E-state index is 5.77. The van der Waals surface area contributed by atoms with Crippen LogP contribution in [0.25, 0.3) is 0 Å². The van der Waals surface area contributed by atoms with Crippen LogP contribution in [0.5, 0.6) is 5.75 Å². The first-order valence-corrected chi connectivity index (χ1v) is 8.93. The predicted octanol–water partition coefficient (Wildman–Crippen LogP) is 3.17. The summed E-state index contributed by atoms with van der Waals surface area (Å²) in [6.45, 7) is 3.07. The molecule has 2 rings (SSSR count). The van der Waals surface area contributed by atoms with Crippen LogP contribution < -0.4 is 15.4 Å². The van der Waals surface area contributed by atoms with E-state index in [-0.39, 0.29) is 24.0 Å². The number of thiophene rings is 1. The number of halogens is 1. The van der Waals surface area contributed by atoms with Crippen LogP contribution in [0, 0.1) is 0 Å². The topological polar surface area (TPSA) is 48.9 Å². The molecule has 138 valence electrons. The highest BCUT2D eigenvalue weighted by Crippen LogP contribution is 2.13. The fourth-order valence-corrected chi connectivity index (χ4v) is 2.75. The van der Waals surface area contributed by atoms with Crippen LogP contribution in [0.4, 0.5) is 0 Å². The highest BCUT2D eigenvalue weighted by Gasteiger charge is 2.01. The standard InChI is InChI=1S/C18H26N4OS.HI/c1-19-18(21-13-16-7-10-24-14-16)20-12-15-5-4-6-17(11-15)23-9-8-22(2)3;/h4-7,10-11,14H,8-9,12-13H2,1-3H3,(H2,19,20,21);1H. The van der Waals surface area contributed by atoms with Crippen molar-refractivity contribution < 1.29 is 4.74 Å². The van der Waals surface area contributed by atoms with Gasteiger partial charge in [-0.3, -0.25) is 4.99 Å². The van der Waals surface area contributed by atoms with Crippen molar-refractivity contribution in [3.63, 3.8) is 0 Å². The molecule has 0 unspecified atom stereocenters. The summed E-state index contributed by atoms with van der Waals surface area (Å²) in [5.74, 6) is 1.69. The molecule has 0 aliphatic rings. The van der Waals surface area contributed by atoms with Crippen LogP contribution in [-0.4, -0.2) is 45.2 Å². The molecule has 25 heavy (non-hydrogen) atoms. The lowest BCUT2D eigenvalue weighted by Crippen LogP contribution is -2.36. The van der Waals surface area contributed by atoms with Gasteiger partial charge in [0.2, 0.25) is 0 Å². The van der Waals surface area contributed by atoms with Gasteiger partial charge in [0.1, 0.15) is 12.4 Å². The van der Waals surface area contributed by atoms with Crippen molar-refractivity contribution in [1.29, 1.82) is 0 Å². The van der Waals surface area contributed by atoms with E-state index in [0.717, 1.165) is 30.4 Å². The number of nitrogens with one attached hydrogen (secondary N) is 2. The zero-order valence-electron chi connectivity index (χ0n) is 15.0. The van der Waals surface area contributed by atoms with Crippen molar-refractivity contribution in [2.45, 2.75) is 13.1 Å². The van der Waals surface area contributed by atoms with Crippen LogP contribution in [0.3, 0.4) is 0 Å². The Bertz CT molecular complexity index is 632. The quantitative estimate of drug-likeness (QED) is 0.351. The number of hydrogen-bond donors (Lipinski definition) is 2. The van der Waals surface area contributed by atoms with Crippen LogP contribution in [0.15, 0.2) is 46.1 Å². The number of benzene rings is 1. The second-order valence-electron chi connectivity index (χ2n) is 5.71. The highest BCUT2D eigenvalue weighted by atomic mass is 127. The van der Waals surface area contributed by atoms with E-state index in [2.05, 4.69) is 49.5 Å². The number of hydrogen-bond acceptors (Lipinski definition) is 4. The summed E-state index contributed by atoms with van der Waals surface area (Å²) in [6.07, 6.45) is 0. The number of nitrogens with zero attached hydrogens (tertiary/aromatic N) is 2. The highest BCUT2D eigenvalue weighted by molar-refractivity contribution is 14.0. The molecular weight excluding hydrogens is 447 g/mol. The smallest absolute Gasteiger partial charge is 0.191 e. The Kier molecular flexibility index (Phi) is 10.5. The van der Waals surface area contributed by atoms with Crippen LogP contribution >= 0.6 is 35.3 Å². The average Bonchev–Trinajstić information content (AvgIpc) is 3.08. The van der Waals surface area contributed by atoms with Gasteiger partial charge < -0.3 is 20.3 Å². The second-order valence-corrected chi connectivity index (χ2v) is 6.49. The first-order chi connectivity index (χ1) is 11.7. The zero-order chi connectivity index (χ0) is 17.2. The summed E-state index contributed by atoms with van der Waals surface area (Å²) >= 11 is 1.70. The Labute approximate surface area is 171 Å². The van der Waals surface area contributed by atoms with E-state index in [1.807, 2.05) is 26.2 Å². The van der Waals surface area contributed by atoms with E-state index < -0.39 is 0 Å². The summed E-state index contributed by atoms with van der Waals surface area (Å²) in [6, 6.07) is 10.3. The van der Waals surface area contributed by atoms with Gasteiger partial charge in [-0.1, -0.05) is 12.1 Å². The van der Waals surface area contributed by atoms with Crippen molar-refractivity contribution in [2.75, 3.05) is 34.3 Å². The SMILES string of the molecule is CN=C(NCc1ccsc1)NCc1cccc(OCCN(C)C)c1.I. The van der Waals surface area contributed by atoms with Gasteiger partial charge in [0.25, 0.3) is 0 Å². The Morgan fingerprint density at radius 3 is 2.56 bits per heavy atom. The molecule has 0 saturated heterocycles. The van der Waals surface area contributed by atoms with E-state index in [4.69, 9.17) is 4.74 Å². The van der Waals surface area contributed by atoms with Gasteiger partial charge in [0.05, 0.1) is 0 Å². The van der Waals surface area contributed by atoms with E-state index in [9.17, 15) is 0 Å². The zero-order valence-corrected chi connectivity index (χ0v) is 18.1. The fourth-order valence-electron chi connectivity index (χ4n) is 2.08. The summed E-state index contributed by atoms with van der Waals surface area (Å²) in [7, 11) is 5.86. The van der Waals surface area contributed by atoms with Crippen molar-refractivity contribution >= 4 is 41.3 Å². The van der Waals surface area contributed by atoms with Crippen molar-refractivity contribution in [3.8, 4) is 5.75 Å². The van der Waals surface area contributed by atoms with Crippen molar-refractivity contribution in [1.82, 2.24) is 15.5 Å². The third-order valence-corrected chi connectivity index (χ3v) is 4.16.